The molecule has 0 unspecified atom stereocenters. The maximum atomic E-state index is 9.47. The first kappa shape index (κ1) is 18.7. The van der Waals surface area contributed by atoms with Crippen LogP contribution in [0.25, 0.3) is 11.0 Å². The number of nitriles is 1. The molecule has 2 aromatic heterocycles. The molecule has 0 bridgehead atoms. The van der Waals surface area contributed by atoms with E-state index in [1.807, 2.05) is 13.8 Å². The van der Waals surface area contributed by atoms with Crippen molar-refractivity contribution in [2.75, 3.05) is 5.32 Å². The van der Waals surface area contributed by atoms with Gasteiger partial charge in [0, 0.05) is 6.04 Å². The fourth-order valence-corrected chi connectivity index (χ4v) is 4.72. The van der Waals surface area contributed by atoms with E-state index in [2.05, 4.69) is 33.4 Å². The molecule has 1 saturated carbocycles. The van der Waals surface area contributed by atoms with Gasteiger partial charge in [-0.25, -0.2) is 9.67 Å². The van der Waals surface area contributed by atoms with E-state index in [9.17, 15) is 5.26 Å². The Labute approximate surface area is 169 Å². The van der Waals surface area contributed by atoms with E-state index >= 15 is 0 Å². The molecular weight excluding hydrogens is 372 g/mol. The maximum absolute atomic E-state index is 9.47. The van der Waals surface area contributed by atoms with E-state index in [-0.39, 0.29) is 24.1 Å². The second-order valence-electron chi connectivity index (χ2n) is 8.50. The SMILES string of the molecule is CC[C@H]1O[C@@H](n2ncc3c(NC4CCCC4)nc(C#N)nc32)[C@@H]2OC(C)(C)O[C@@H]21. The molecule has 0 radical (unpaired) electrons. The van der Waals surface area contributed by atoms with Crippen molar-refractivity contribution in [3.63, 3.8) is 0 Å². The largest absolute Gasteiger partial charge is 0.367 e. The number of hydrogen-bond donors (Lipinski definition) is 1. The number of hydrogen-bond acceptors (Lipinski definition) is 8. The highest BCUT2D eigenvalue weighted by molar-refractivity contribution is 5.87. The van der Waals surface area contributed by atoms with Crippen LogP contribution in [0.4, 0.5) is 5.82 Å². The lowest BCUT2D eigenvalue weighted by molar-refractivity contribution is -0.197. The molecule has 1 N–H and O–H groups in total. The number of nitrogens with one attached hydrogen (secondary N) is 1. The molecule has 4 atom stereocenters. The summed E-state index contributed by atoms with van der Waals surface area (Å²) in [6.45, 7) is 5.89. The molecule has 2 aromatic rings. The fraction of sp³-hybridized carbons (Fsp3) is 0.700. The highest BCUT2D eigenvalue weighted by Gasteiger charge is 2.55. The zero-order valence-corrected chi connectivity index (χ0v) is 17.0. The van der Waals surface area contributed by atoms with Crippen LogP contribution >= 0.6 is 0 Å². The lowest BCUT2D eigenvalue weighted by Gasteiger charge is -2.24. The number of ether oxygens (including phenoxy) is 3. The topological polar surface area (TPSA) is 107 Å². The van der Waals surface area contributed by atoms with Crippen molar-refractivity contribution in [1.29, 1.82) is 5.26 Å². The Morgan fingerprint density at radius 1 is 1.24 bits per heavy atom. The average Bonchev–Trinajstić information content (AvgIpc) is 3.45. The third-order valence-corrected chi connectivity index (χ3v) is 6.02. The summed E-state index contributed by atoms with van der Waals surface area (Å²) in [5, 5.41) is 18.3. The first-order chi connectivity index (χ1) is 14.0. The Kier molecular flexibility index (Phi) is 4.46. The molecule has 4 heterocycles. The second-order valence-corrected chi connectivity index (χ2v) is 8.50. The van der Waals surface area contributed by atoms with E-state index in [1.54, 1.807) is 10.9 Å². The zero-order valence-electron chi connectivity index (χ0n) is 17.0. The molecule has 2 aliphatic heterocycles. The van der Waals surface area contributed by atoms with Crippen LogP contribution < -0.4 is 5.32 Å². The van der Waals surface area contributed by atoms with Gasteiger partial charge >= 0.3 is 0 Å². The van der Waals surface area contributed by atoms with Crippen LogP contribution in [-0.2, 0) is 14.2 Å². The Bertz CT molecular complexity index is 961. The van der Waals surface area contributed by atoms with Gasteiger partial charge in [-0.1, -0.05) is 19.8 Å². The van der Waals surface area contributed by atoms with E-state index in [1.165, 1.54) is 12.8 Å². The van der Waals surface area contributed by atoms with Gasteiger partial charge in [-0.15, -0.1) is 0 Å². The molecule has 0 amide bonds. The summed E-state index contributed by atoms with van der Waals surface area (Å²) in [6.07, 6.45) is 6.18. The monoisotopic (exact) mass is 398 g/mol. The van der Waals surface area contributed by atoms with E-state index in [0.717, 1.165) is 24.6 Å². The van der Waals surface area contributed by atoms with Gasteiger partial charge in [0.05, 0.1) is 17.7 Å². The lowest BCUT2D eigenvalue weighted by Crippen LogP contribution is -2.28. The summed E-state index contributed by atoms with van der Waals surface area (Å²) in [4.78, 5) is 8.86. The van der Waals surface area contributed by atoms with Gasteiger partial charge in [0.2, 0.25) is 5.82 Å². The van der Waals surface area contributed by atoms with E-state index < -0.39 is 12.0 Å². The second kappa shape index (κ2) is 6.90. The van der Waals surface area contributed by atoms with Crippen LogP contribution in [0.2, 0.25) is 0 Å². The van der Waals surface area contributed by atoms with E-state index in [0.29, 0.717) is 17.5 Å². The predicted octanol–water partition coefficient (Wildman–Crippen LogP) is 2.88. The normalized spacial score (nSPS) is 31.2. The van der Waals surface area contributed by atoms with Gasteiger partial charge in [0.15, 0.2) is 17.7 Å². The summed E-state index contributed by atoms with van der Waals surface area (Å²) in [7, 11) is 0. The number of fused-ring (bicyclic) bond motifs is 2. The summed E-state index contributed by atoms with van der Waals surface area (Å²) < 4.78 is 20.2. The summed E-state index contributed by atoms with van der Waals surface area (Å²) >= 11 is 0. The summed E-state index contributed by atoms with van der Waals surface area (Å²) in [6, 6.07) is 2.44. The number of rotatable bonds is 4. The van der Waals surface area contributed by atoms with Crippen molar-refractivity contribution >= 4 is 16.9 Å². The first-order valence-electron chi connectivity index (χ1n) is 10.4. The van der Waals surface area contributed by atoms with Crippen molar-refractivity contribution < 1.29 is 14.2 Å². The Balaban J connectivity index is 1.55. The molecule has 3 aliphatic rings. The first-order valence-corrected chi connectivity index (χ1v) is 10.4. The van der Waals surface area contributed by atoms with Crippen LogP contribution in [-0.4, -0.2) is 49.9 Å². The van der Waals surface area contributed by atoms with Gasteiger partial charge in [0.1, 0.15) is 24.1 Å². The van der Waals surface area contributed by atoms with Crippen molar-refractivity contribution in [3.8, 4) is 6.07 Å². The minimum atomic E-state index is -0.671. The van der Waals surface area contributed by atoms with Crippen molar-refractivity contribution in [1.82, 2.24) is 19.7 Å². The number of anilines is 1. The van der Waals surface area contributed by atoms with E-state index in [4.69, 9.17) is 14.2 Å². The molecule has 0 aromatic carbocycles. The summed E-state index contributed by atoms with van der Waals surface area (Å²) in [5.41, 5.74) is 0.575. The number of aromatic nitrogens is 4. The molecular formula is C20H26N6O3. The molecule has 9 heteroatoms. The van der Waals surface area contributed by atoms with Crippen LogP contribution in [0.1, 0.15) is 64.9 Å². The molecule has 1 aliphatic carbocycles. The average molecular weight is 398 g/mol. The number of nitrogens with zero attached hydrogens (tertiary/aromatic N) is 5. The van der Waals surface area contributed by atoms with Gasteiger partial charge in [-0.2, -0.15) is 15.3 Å². The van der Waals surface area contributed by atoms with Crippen LogP contribution in [0.15, 0.2) is 6.20 Å². The molecule has 2 saturated heterocycles. The Morgan fingerprint density at radius 2 is 2.00 bits per heavy atom. The summed E-state index contributed by atoms with van der Waals surface area (Å²) in [5.74, 6) is 0.107. The molecule has 3 fully saturated rings. The fourth-order valence-electron chi connectivity index (χ4n) is 4.72. The van der Waals surface area contributed by atoms with Crippen molar-refractivity contribution in [2.45, 2.75) is 89.2 Å². The van der Waals surface area contributed by atoms with Gasteiger partial charge < -0.3 is 19.5 Å². The van der Waals surface area contributed by atoms with Gasteiger partial charge in [-0.3, -0.25) is 0 Å². The lowest BCUT2D eigenvalue weighted by atomic mass is 10.1. The molecule has 9 nitrogen and oxygen atoms in total. The van der Waals surface area contributed by atoms with Crippen molar-refractivity contribution in [2.24, 2.45) is 0 Å². The molecule has 5 rings (SSSR count). The third-order valence-electron chi connectivity index (χ3n) is 6.02. The van der Waals surface area contributed by atoms with Crippen LogP contribution in [0, 0.1) is 11.3 Å². The standard InChI is InChI=1S/C20H26N6O3/c1-4-13-15-16(29-20(2,3)28-15)19(27-13)26-18-12(10-22-26)17(24-14(9-21)25-18)23-11-7-5-6-8-11/h10-11,13,15-16,19H,4-8H2,1-3H3,(H,23,24,25)/t13-,15-,16-,19-/m1/s1. The van der Waals surface area contributed by atoms with Gasteiger partial charge in [-0.05, 0) is 33.1 Å². The quantitative estimate of drug-likeness (QED) is 0.838. The minimum Gasteiger partial charge on any atom is -0.367 e. The highest BCUT2D eigenvalue weighted by atomic mass is 16.8. The Hall–Kier alpha value is -2.28. The third kappa shape index (κ3) is 3.16. The highest BCUT2D eigenvalue weighted by Crippen LogP contribution is 2.44. The molecule has 154 valence electrons. The molecule has 29 heavy (non-hydrogen) atoms. The zero-order chi connectivity index (χ0) is 20.2. The van der Waals surface area contributed by atoms with Crippen LogP contribution in [0.5, 0.6) is 0 Å². The molecule has 0 spiro atoms. The van der Waals surface area contributed by atoms with Gasteiger partial charge in [0.25, 0.3) is 0 Å². The Morgan fingerprint density at radius 3 is 2.72 bits per heavy atom. The smallest absolute Gasteiger partial charge is 0.236 e. The van der Waals surface area contributed by atoms with Crippen LogP contribution in [0.3, 0.4) is 0 Å². The maximum Gasteiger partial charge on any atom is 0.236 e. The predicted molar refractivity (Wildman–Crippen MR) is 104 cm³/mol. The van der Waals surface area contributed by atoms with Crippen molar-refractivity contribution in [3.05, 3.63) is 12.0 Å². The minimum absolute atomic E-state index is 0.0839.